The van der Waals surface area contributed by atoms with Crippen LogP contribution in [0, 0.1) is 0 Å². The van der Waals surface area contributed by atoms with Gasteiger partial charge in [0.05, 0.1) is 5.52 Å². The molecule has 0 aliphatic rings. The Labute approximate surface area is 192 Å². The van der Waals surface area contributed by atoms with E-state index in [1.54, 1.807) is 6.20 Å². The van der Waals surface area contributed by atoms with Crippen molar-refractivity contribution in [3.05, 3.63) is 89.9 Å². The van der Waals surface area contributed by atoms with Gasteiger partial charge in [0, 0.05) is 19.2 Å². The number of hydrogen-bond donors (Lipinski definition) is 1. The number of nitrogens with zero attached hydrogens (tertiary/aromatic N) is 3. The van der Waals surface area contributed by atoms with Gasteiger partial charge in [-0.2, -0.15) is 0 Å². The van der Waals surface area contributed by atoms with Crippen LogP contribution in [0.5, 0.6) is 0 Å². The molecule has 0 bridgehead atoms. The summed E-state index contributed by atoms with van der Waals surface area (Å²) in [5.74, 6) is 1.48. The van der Waals surface area contributed by atoms with Crippen LogP contribution in [-0.4, -0.2) is 14.5 Å². The van der Waals surface area contributed by atoms with Gasteiger partial charge in [-0.25, -0.2) is 9.97 Å². The first kappa shape index (κ1) is 20.9. The van der Waals surface area contributed by atoms with Gasteiger partial charge in [-0.05, 0) is 17.2 Å². The third kappa shape index (κ3) is 4.46. The van der Waals surface area contributed by atoms with E-state index in [1.807, 2.05) is 18.2 Å². The summed E-state index contributed by atoms with van der Waals surface area (Å²) in [4.78, 5) is 8.96. The third-order valence-electron chi connectivity index (χ3n) is 4.16. The van der Waals surface area contributed by atoms with E-state index in [4.69, 9.17) is 10.7 Å². The number of anilines is 1. The van der Waals surface area contributed by atoms with Crippen molar-refractivity contribution in [2.45, 2.75) is 13.0 Å². The predicted molar refractivity (Wildman–Crippen MR) is 96.7 cm³/mol. The summed E-state index contributed by atoms with van der Waals surface area (Å²) in [6, 6.07) is 22.7. The number of nitrogens with two attached hydrogens (primary N) is 1. The fourth-order valence-corrected chi connectivity index (χ4v) is 2.98. The van der Waals surface area contributed by atoms with Crippen LogP contribution < -0.4 is 59.3 Å². The van der Waals surface area contributed by atoms with Gasteiger partial charge in [-0.1, -0.05) is 60.7 Å². The quantitative estimate of drug-likeness (QED) is 0.272. The number of halogens is 1. The minimum absolute atomic E-state index is 0. The normalized spacial score (nSPS) is 10.2. The van der Waals surface area contributed by atoms with Crippen molar-refractivity contribution >= 4 is 16.9 Å². The molecule has 2 heterocycles. The first-order valence-corrected chi connectivity index (χ1v) is 7.99. The van der Waals surface area contributed by atoms with E-state index in [1.165, 1.54) is 11.1 Å². The SMILES string of the molecule is Nc1nccc2c1nc(Cc1ccccc1)n2Cc1ccccc1.[I-].[Na+]. The van der Waals surface area contributed by atoms with E-state index in [9.17, 15) is 0 Å². The van der Waals surface area contributed by atoms with Crippen molar-refractivity contribution in [1.29, 1.82) is 0 Å². The molecule has 0 fully saturated rings. The number of nitrogen functional groups attached to an aromatic ring is 1. The number of fused-ring (bicyclic) bond motifs is 1. The Bertz CT molecular complexity index is 971. The molecule has 6 heteroatoms. The van der Waals surface area contributed by atoms with Gasteiger partial charge in [0.2, 0.25) is 0 Å². The maximum atomic E-state index is 6.04. The maximum Gasteiger partial charge on any atom is 1.00 e. The number of pyridine rings is 1. The summed E-state index contributed by atoms with van der Waals surface area (Å²) >= 11 is 0. The van der Waals surface area contributed by atoms with Crippen LogP contribution in [0.25, 0.3) is 11.0 Å². The molecule has 0 saturated heterocycles. The van der Waals surface area contributed by atoms with Crippen molar-refractivity contribution in [2.24, 2.45) is 0 Å². The Hall–Kier alpha value is -1.41. The fourth-order valence-electron chi connectivity index (χ4n) is 2.98. The zero-order chi connectivity index (χ0) is 16.4. The summed E-state index contributed by atoms with van der Waals surface area (Å²) in [6.07, 6.45) is 2.51. The second-order valence-electron chi connectivity index (χ2n) is 5.83. The second-order valence-corrected chi connectivity index (χ2v) is 5.83. The molecule has 4 aromatic rings. The van der Waals surface area contributed by atoms with Crippen LogP contribution in [0.1, 0.15) is 17.0 Å². The maximum absolute atomic E-state index is 6.04. The van der Waals surface area contributed by atoms with E-state index in [0.29, 0.717) is 5.82 Å². The topological polar surface area (TPSA) is 56.7 Å². The van der Waals surface area contributed by atoms with Crippen LogP contribution in [0.2, 0.25) is 0 Å². The van der Waals surface area contributed by atoms with Crippen LogP contribution in [0.3, 0.4) is 0 Å². The minimum atomic E-state index is 0. The van der Waals surface area contributed by atoms with Gasteiger partial charge in [0.15, 0.2) is 5.82 Å². The zero-order valence-corrected chi connectivity index (χ0v) is 18.8. The van der Waals surface area contributed by atoms with Crippen molar-refractivity contribution in [3.8, 4) is 0 Å². The molecule has 0 spiro atoms. The summed E-state index contributed by atoms with van der Waals surface area (Å²) in [5, 5.41) is 0. The largest absolute Gasteiger partial charge is 1.00 e. The van der Waals surface area contributed by atoms with E-state index in [2.05, 4.69) is 58.1 Å². The Morgan fingerprint density at radius 2 is 1.46 bits per heavy atom. The molecular formula is C20H18IN4Na. The number of imidazole rings is 1. The van der Waals surface area contributed by atoms with Crippen LogP contribution in [-0.2, 0) is 13.0 Å². The Kier molecular flexibility index (Phi) is 7.64. The summed E-state index contributed by atoms with van der Waals surface area (Å²) in [5.41, 5.74) is 10.3. The molecule has 0 aliphatic heterocycles. The van der Waals surface area contributed by atoms with Crippen LogP contribution >= 0.6 is 0 Å². The van der Waals surface area contributed by atoms with Gasteiger partial charge in [-0.15, -0.1) is 0 Å². The molecule has 0 atom stereocenters. The number of benzene rings is 2. The third-order valence-corrected chi connectivity index (χ3v) is 4.16. The molecule has 26 heavy (non-hydrogen) atoms. The van der Waals surface area contributed by atoms with E-state index >= 15 is 0 Å². The first-order chi connectivity index (χ1) is 11.8. The fraction of sp³-hybridized carbons (Fsp3) is 0.100. The average Bonchev–Trinajstić information content (AvgIpc) is 2.96. The minimum Gasteiger partial charge on any atom is -1.00 e. The molecular weight excluding hydrogens is 446 g/mol. The van der Waals surface area contributed by atoms with Gasteiger partial charge < -0.3 is 34.3 Å². The molecule has 4 nitrogen and oxygen atoms in total. The second kappa shape index (κ2) is 9.50. The van der Waals surface area contributed by atoms with Gasteiger partial charge in [-0.3, -0.25) is 0 Å². The first-order valence-electron chi connectivity index (χ1n) is 7.99. The number of aromatic nitrogens is 3. The van der Waals surface area contributed by atoms with E-state index in [0.717, 1.165) is 29.8 Å². The molecule has 2 aromatic carbocycles. The summed E-state index contributed by atoms with van der Waals surface area (Å²) in [6.45, 7) is 0.767. The van der Waals surface area contributed by atoms with Gasteiger partial charge in [0.1, 0.15) is 11.3 Å². The Morgan fingerprint density at radius 3 is 2.12 bits per heavy atom. The van der Waals surface area contributed by atoms with Crippen molar-refractivity contribution in [2.75, 3.05) is 5.73 Å². The zero-order valence-electron chi connectivity index (χ0n) is 14.6. The molecule has 0 saturated carbocycles. The monoisotopic (exact) mass is 464 g/mol. The molecule has 0 unspecified atom stereocenters. The molecule has 2 N–H and O–H groups in total. The number of hydrogen-bond acceptors (Lipinski definition) is 3. The molecule has 2 aromatic heterocycles. The predicted octanol–water partition coefficient (Wildman–Crippen LogP) is -2.34. The van der Waals surface area contributed by atoms with E-state index in [-0.39, 0.29) is 53.5 Å². The van der Waals surface area contributed by atoms with Crippen LogP contribution in [0.4, 0.5) is 5.82 Å². The Morgan fingerprint density at radius 1 is 0.846 bits per heavy atom. The van der Waals surface area contributed by atoms with Crippen molar-refractivity contribution in [1.82, 2.24) is 14.5 Å². The smallest absolute Gasteiger partial charge is 1.00 e. The van der Waals surface area contributed by atoms with Gasteiger partial charge in [0.25, 0.3) is 0 Å². The standard InChI is InChI=1S/C20H18N4.HI.Na/c21-20-19-17(11-12-22-20)24(14-16-9-5-2-6-10-16)18(23-19)13-15-7-3-1-4-8-15;;/h1-12H,13-14H2,(H2,21,22);1H;/q;;+1/p-1. The summed E-state index contributed by atoms with van der Waals surface area (Å²) < 4.78 is 2.23. The van der Waals surface area contributed by atoms with E-state index < -0.39 is 0 Å². The summed E-state index contributed by atoms with van der Waals surface area (Å²) in [7, 11) is 0. The molecule has 0 amide bonds. The molecule has 0 aliphatic carbocycles. The molecule has 0 radical (unpaired) electrons. The average molecular weight is 464 g/mol. The Balaban J connectivity index is 0.00000121. The molecule has 4 rings (SSSR count). The van der Waals surface area contributed by atoms with Crippen molar-refractivity contribution < 1.29 is 53.5 Å². The van der Waals surface area contributed by atoms with Gasteiger partial charge >= 0.3 is 29.6 Å². The van der Waals surface area contributed by atoms with Crippen LogP contribution in [0.15, 0.2) is 72.9 Å². The number of rotatable bonds is 4. The molecule has 126 valence electrons. The van der Waals surface area contributed by atoms with Crippen molar-refractivity contribution in [3.63, 3.8) is 0 Å².